The van der Waals surface area contributed by atoms with E-state index in [2.05, 4.69) is 23.7 Å². The van der Waals surface area contributed by atoms with E-state index in [1.54, 1.807) is 12.1 Å². The summed E-state index contributed by atoms with van der Waals surface area (Å²) in [6.07, 6.45) is 3.51. The second-order valence-electron chi connectivity index (χ2n) is 6.02. The molecule has 1 saturated heterocycles. The maximum absolute atomic E-state index is 11.6. The Morgan fingerprint density at radius 2 is 2.14 bits per heavy atom. The molecule has 116 valence electrons. The van der Waals surface area contributed by atoms with Gasteiger partial charge in [-0.05, 0) is 43.2 Å². The Balaban J connectivity index is 2.19. The van der Waals surface area contributed by atoms with Crippen LogP contribution in [0.4, 0.5) is 11.5 Å². The van der Waals surface area contributed by atoms with Crippen molar-refractivity contribution >= 4 is 17.5 Å². The van der Waals surface area contributed by atoms with Crippen LogP contribution in [-0.4, -0.2) is 31.2 Å². The lowest BCUT2D eigenvalue weighted by Crippen LogP contribution is -2.27. The molecule has 0 bridgehead atoms. The summed E-state index contributed by atoms with van der Waals surface area (Å²) in [5.41, 5.74) is 6.98. The quantitative estimate of drug-likeness (QED) is 0.867. The summed E-state index contributed by atoms with van der Waals surface area (Å²) in [5.74, 6) is 1.74. The molecule has 0 aromatic carbocycles. The zero-order valence-electron chi connectivity index (χ0n) is 13.1. The number of pyridine rings is 1. The highest BCUT2D eigenvalue weighted by Crippen LogP contribution is 2.29. The molecule has 1 aromatic rings. The average Bonchev–Trinajstić information content (AvgIpc) is 2.73. The van der Waals surface area contributed by atoms with Crippen molar-refractivity contribution in [1.82, 2.24) is 4.98 Å². The molecule has 0 amide bonds. The highest BCUT2D eigenvalue weighted by molar-refractivity contribution is 5.88. The normalized spacial score (nSPS) is 19.4. The Kier molecular flexibility index (Phi) is 5.04. The van der Waals surface area contributed by atoms with Crippen molar-refractivity contribution in [2.75, 3.05) is 30.8 Å². The first kappa shape index (κ1) is 15.6. The van der Waals surface area contributed by atoms with Crippen LogP contribution >= 0.6 is 0 Å². The van der Waals surface area contributed by atoms with Crippen LogP contribution in [0.2, 0.25) is 0 Å². The van der Waals surface area contributed by atoms with Gasteiger partial charge in [0.2, 0.25) is 0 Å². The zero-order valence-corrected chi connectivity index (χ0v) is 13.1. The zero-order chi connectivity index (χ0) is 15.4. The van der Waals surface area contributed by atoms with Gasteiger partial charge in [-0.1, -0.05) is 13.8 Å². The summed E-state index contributed by atoms with van der Waals surface area (Å²) in [7, 11) is 1.36. The van der Waals surface area contributed by atoms with E-state index in [1.165, 1.54) is 13.5 Å². The third-order valence-corrected chi connectivity index (χ3v) is 4.31. The van der Waals surface area contributed by atoms with E-state index in [-0.39, 0.29) is 0 Å². The summed E-state index contributed by atoms with van der Waals surface area (Å²) in [6.45, 7) is 6.44. The number of anilines is 2. The number of hydrogen-bond donors (Lipinski definition) is 1. The monoisotopic (exact) mass is 291 g/mol. The molecule has 0 spiro atoms. The van der Waals surface area contributed by atoms with Crippen LogP contribution in [0.1, 0.15) is 43.6 Å². The van der Waals surface area contributed by atoms with Crippen molar-refractivity contribution in [3.05, 3.63) is 17.8 Å². The van der Waals surface area contributed by atoms with E-state index < -0.39 is 5.97 Å². The number of nitrogen functional groups attached to an aromatic ring is 1. The molecule has 1 atom stereocenters. The van der Waals surface area contributed by atoms with E-state index in [1.807, 2.05) is 0 Å². The second kappa shape index (κ2) is 6.78. The van der Waals surface area contributed by atoms with Crippen LogP contribution in [0.3, 0.4) is 0 Å². The molecular formula is C16H25N3O2. The smallest absolute Gasteiger partial charge is 0.356 e. The molecule has 1 unspecified atom stereocenters. The Labute approximate surface area is 126 Å². The predicted molar refractivity (Wildman–Crippen MR) is 84.4 cm³/mol. The summed E-state index contributed by atoms with van der Waals surface area (Å²) in [6, 6.07) is 3.35. The van der Waals surface area contributed by atoms with E-state index >= 15 is 0 Å². The van der Waals surface area contributed by atoms with Gasteiger partial charge in [0.25, 0.3) is 0 Å². The number of nitrogens with zero attached hydrogens (tertiary/aromatic N) is 2. The van der Waals surface area contributed by atoms with Gasteiger partial charge in [-0.15, -0.1) is 0 Å². The Bertz CT molecular complexity index is 502. The number of carbonyl (C=O) groups excluding carboxylic acids is 1. The summed E-state index contributed by atoms with van der Waals surface area (Å²) in [5, 5.41) is 0. The summed E-state index contributed by atoms with van der Waals surface area (Å²) in [4.78, 5) is 18.2. The van der Waals surface area contributed by atoms with Gasteiger partial charge in [-0.2, -0.15) is 0 Å². The van der Waals surface area contributed by atoms with Gasteiger partial charge < -0.3 is 15.4 Å². The van der Waals surface area contributed by atoms with Crippen molar-refractivity contribution < 1.29 is 9.53 Å². The lowest BCUT2D eigenvalue weighted by atomic mass is 9.89. The number of hydrogen-bond acceptors (Lipinski definition) is 5. The first-order valence-electron chi connectivity index (χ1n) is 7.62. The van der Waals surface area contributed by atoms with E-state index in [0.717, 1.165) is 31.8 Å². The minimum absolute atomic E-state index is 0.311. The van der Waals surface area contributed by atoms with Gasteiger partial charge in [0.1, 0.15) is 0 Å². The number of methoxy groups -OCH3 is 1. The second-order valence-corrected chi connectivity index (χ2v) is 6.02. The Morgan fingerprint density at radius 1 is 1.38 bits per heavy atom. The van der Waals surface area contributed by atoms with Crippen LogP contribution in [-0.2, 0) is 4.74 Å². The molecule has 0 radical (unpaired) electrons. The van der Waals surface area contributed by atoms with Crippen molar-refractivity contribution in [2.45, 2.75) is 33.1 Å². The molecule has 2 N–H and O–H groups in total. The number of aromatic nitrogens is 1. The fourth-order valence-corrected chi connectivity index (χ4v) is 2.93. The third-order valence-electron chi connectivity index (χ3n) is 4.31. The number of carbonyl (C=O) groups is 1. The van der Waals surface area contributed by atoms with Crippen molar-refractivity contribution in [2.24, 2.45) is 11.8 Å². The summed E-state index contributed by atoms with van der Waals surface area (Å²) < 4.78 is 4.73. The number of nitrogens with two attached hydrogens (primary N) is 1. The predicted octanol–water partition coefficient (Wildman–Crippen LogP) is 2.71. The highest BCUT2D eigenvalue weighted by atomic mass is 16.5. The maximum atomic E-state index is 11.6. The maximum Gasteiger partial charge on any atom is 0.356 e. The molecule has 0 aliphatic carbocycles. The molecule has 2 heterocycles. The molecule has 5 nitrogen and oxygen atoms in total. The molecule has 1 aromatic heterocycles. The first-order valence-corrected chi connectivity index (χ1v) is 7.62. The van der Waals surface area contributed by atoms with Crippen LogP contribution in [0.5, 0.6) is 0 Å². The topological polar surface area (TPSA) is 68.5 Å². The van der Waals surface area contributed by atoms with E-state index in [4.69, 9.17) is 10.5 Å². The molecule has 1 fully saturated rings. The number of esters is 1. The SMILES string of the molecule is COC(=O)c1ccc(N)c(N2CCCC(C(C)C)CC2)n1. The fraction of sp³-hybridized carbons (Fsp3) is 0.625. The number of ether oxygens (including phenoxy) is 1. The standard InChI is InChI=1S/C16H25N3O2/c1-11(2)12-5-4-9-19(10-8-12)15-13(17)6-7-14(18-15)16(20)21-3/h6-7,11-12H,4-5,8-10,17H2,1-3H3. The van der Waals surface area contributed by atoms with Gasteiger partial charge in [-0.25, -0.2) is 9.78 Å². The van der Waals surface area contributed by atoms with Crippen LogP contribution in [0.15, 0.2) is 12.1 Å². The van der Waals surface area contributed by atoms with Gasteiger partial charge in [0, 0.05) is 13.1 Å². The Hall–Kier alpha value is -1.78. The molecule has 0 saturated carbocycles. The van der Waals surface area contributed by atoms with E-state index in [9.17, 15) is 4.79 Å². The molecule has 5 heteroatoms. The molecule has 21 heavy (non-hydrogen) atoms. The van der Waals surface area contributed by atoms with Crippen molar-refractivity contribution in [3.8, 4) is 0 Å². The lowest BCUT2D eigenvalue weighted by Gasteiger charge is -2.24. The largest absolute Gasteiger partial charge is 0.464 e. The van der Waals surface area contributed by atoms with Crippen LogP contribution in [0.25, 0.3) is 0 Å². The minimum atomic E-state index is -0.425. The van der Waals surface area contributed by atoms with Crippen molar-refractivity contribution in [3.63, 3.8) is 0 Å². The molecule has 1 aliphatic rings. The fourth-order valence-electron chi connectivity index (χ4n) is 2.93. The minimum Gasteiger partial charge on any atom is -0.464 e. The van der Waals surface area contributed by atoms with Gasteiger partial charge >= 0.3 is 5.97 Å². The van der Waals surface area contributed by atoms with Gasteiger partial charge in [0.15, 0.2) is 11.5 Å². The lowest BCUT2D eigenvalue weighted by molar-refractivity contribution is 0.0594. The van der Waals surface area contributed by atoms with Gasteiger partial charge in [-0.3, -0.25) is 0 Å². The molecular weight excluding hydrogens is 266 g/mol. The van der Waals surface area contributed by atoms with E-state index in [0.29, 0.717) is 23.1 Å². The molecule has 2 rings (SSSR count). The van der Waals surface area contributed by atoms with Crippen molar-refractivity contribution in [1.29, 1.82) is 0 Å². The number of rotatable bonds is 3. The molecule has 1 aliphatic heterocycles. The first-order chi connectivity index (χ1) is 10.0. The Morgan fingerprint density at radius 3 is 2.81 bits per heavy atom. The van der Waals surface area contributed by atoms with Gasteiger partial charge in [0.05, 0.1) is 12.8 Å². The highest BCUT2D eigenvalue weighted by Gasteiger charge is 2.22. The summed E-state index contributed by atoms with van der Waals surface area (Å²) >= 11 is 0. The average molecular weight is 291 g/mol. The third kappa shape index (κ3) is 3.65. The van der Waals surface area contributed by atoms with Crippen LogP contribution in [0, 0.1) is 11.8 Å². The van der Waals surface area contributed by atoms with Crippen LogP contribution < -0.4 is 10.6 Å².